The third-order valence-corrected chi connectivity index (χ3v) is 13.1. The van der Waals surface area contributed by atoms with Crippen molar-refractivity contribution in [3.63, 3.8) is 0 Å². The number of allylic oxidation sites excluding steroid dienone is 18. The van der Waals surface area contributed by atoms with E-state index in [2.05, 4.69) is 118 Å². The molecule has 0 saturated heterocycles. The molecule has 0 spiro atoms. The lowest BCUT2D eigenvalue weighted by molar-refractivity contribution is -0.161. The second-order valence-electron chi connectivity index (χ2n) is 19.4. The third-order valence-electron chi connectivity index (χ3n) is 12.2. The van der Waals surface area contributed by atoms with Gasteiger partial charge in [0.1, 0.15) is 12.7 Å². The fraction of sp³-hybridized carbons (Fsp3) is 0.672. The Hall–Kier alpha value is -3.86. The minimum atomic E-state index is -4.78. The molecule has 0 heterocycles. The lowest BCUT2D eigenvalue weighted by Gasteiger charge is -2.21. The van der Waals surface area contributed by atoms with E-state index in [0.29, 0.717) is 25.7 Å². The van der Waals surface area contributed by atoms with Crippen molar-refractivity contribution in [2.75, 3.05) is 26.4 Å². The van der Waals surface area contributed by atoms with Crippen molar-refractivity contribution in [2.45, 2.75) is 251 Å². The van der Waals surface area contributed by atoms with Crippen molar-refractivity contribution in [3.05, 3.63) is 109 Å². The van der Waals surface area contributed by atoms with Gasteiger partial charge in [-0.2, -0.15) is 0 Å². The topological polar surface area (TPSA) is 155 Å². The molecule has 434 valence electrons. The standard InChI is InChI=1S/C64H107O11P/c1-4-7-10-13-16-19-22-25-27-29-30-32-34-37-40-43-46-49-52-55-64(68)75-61(57-71-62(66)53-50-47-44-41-38-35-24-21-18-15-12-9-6-3)59-73-76(69,70)72-58-60(56-65)74-63(67)54-51-48-45-42-39-36-33-31-28-26-23-20-17-14-11-8-5-2/h8-9,11-12,17-18,20-21,25-28,33,35-36,38,42,45,60-61,65H,4-7,10,13-16,19,22-24,29-32,34,37,39-41,43-44,46-59H2,1-3H3,(H,69,70)/b11-8-,12-9-,20-17-,21-18-,27-25-,28-26-,36-33-,38-35-,45-42-. The van der Waals surface area contributed by atoms with Crippen LogP contribution in [0.2, 0.25) is 0 Å². The molecular formula is C64H107O11P. The van der Waals surface area contributed by atoms with Crippen molar-refractivity contribution in [2.24, 2.45) is 0 Å². The van der Waals surface area contributed by atoms with E-state index in [4.69, 9.17) is 23.3 Å². The number of phosphoric ester groups is 1. The number of rotatable bonds is 54. The molecule has 3 atom stereocenters. The van der Waals surface area contributed by atoms with Crippen molar-refractivity contribution in [1.29, 1.82) is 0 Å². The van der Waals surface area contributed by atoms with Gasteiger partial charge in [0, 0.05) is 19.3 Å². The first-order chi connectivity index (χ1) is 37.2. The van der Waals surface area contributed by atoms with E-state index in [0.717, 1.165) is 89.9 Å². The Morgan fingerprint density at radius 1 is 0.382 bits per heavy atom. The molecule has 0 radical (unpaired) electrons. The molecule has 11 nitrogen and oxygen atoms in total. The number of phosphoric acid groups is 1. The average molecular weight is 1080 g/mol. The van der Waals surface area contributed by atoms with Gasteiger partial charge in [0.2, 0.25) is 0 Å². The number of esters is 3. The molecule has 0 amide bonds. The van der Waals surface area contributed by atoms with Crippen LogP contribution >= 0.6 is 7.82 Å². The molecule has 0 bridgehead atoms. The van der Waals surface area contributed by atoms with E-state index in [1.54, 1.807) is 0 Å². The van der Waals surface area contributed by atoms with Gasteiger partial charge >= 0.3 is 25.7 Å². The maximum atomic E-state index is 12.9. The Kier molecular flexibility index (Phi) is 54.4. The minimum absolute atomic E-state index is 0.0921. The maximum absolute atomic E-state index is 12.9. The largest absolute Gasteiger partial charge is 0.472 e. The number of aliphatic hydroxyl groups excluding tert-OH is 1. The fourth-order valence-electron chi connectivity index (χ4n) is 7.69. The van der Waals surface area contributed by atoms with E-state index in [-0.39, 0.29) is 25.9 Å². The summed E-state index contributed by atoms with van der Waals surface area (Å²) in [6.07, 6.45) is 69.2. The highest BCUT2D eigenvalue weighted by Crippen LogP contribution is 2.43. The molecule has 0 fully saturated rings. The van der Waals surface area contributed by atoms with Gasteiger partial charge in [0.25, 0.3) is 0 Å². The van der Waals surface area contributed by atoms with Gasteiger partial charge in [0.05, 0.1) is 19.8 Å². The summed E-state index contributed by atoms with van der Waals surface area (Å²) in [5.74, 6) is -1.57. The van der Waals surface area contributed by atoms with Gasteiger partial charge in [-0.1, -0.05) is 214 Å². The molecule has 76 heavy (non-hydrogen) atoms. The number of carbonyl (C=O) groups excluding carboxylic acids is 3. The lowest BCUT2D eigenvalue weighted by Crippen LogP contribution is -2.30. The summed E-state index contributed by atoms with van der Waals surface area (Å²) in [4.78, 5) is 48.6. The normalized spacial score (nSPS) is 14.1. The average Bonchev–Trinajstić information content (AvgIpc) is 3.41. The highest BCUT2D eigenvalue weighted by atomic mass is 31.2. The zero-order valence-corrected chi connectivity index (χ0v) is 48.8. The van der Waals surface area contributed by atoms with Gasteiger partial charge in [-0.25, -0.2) is 4.57 Å². The smallest absolute Gasteiger partial charge is 0.462 e. The van der Waals surface area contributed by atoms with Crippen LogP contribution in [-0.4, -0.2) is 66.5 Å². The maximum Gasteiger partial charge on any atom is 0.472 e. The summed E-state index contributed by atoms with van der Waals surface area (Å²) in [5.41, 5.74) is 0. The second-order valence-corrected chi connectivity index (χ2v) is 20.8. The van der Waals surface area contributed by atoms with Gasteiger partial charge in [-0.05, 0) is 116 Å². The van der Waals surface area contributed by atoms with Crippen molar-refractivity contribution >= 4 is 25.7 Å². The van der Waals surface area contributed by atoms with E-state index >= 15 is 0 Å². The number of aliphatic hydroxyl groups is 1. The zero-order chi connectivity index (χ0) is 55.5. The van der Waals surface area contributed by atoms with Crippen LogP contribution in [-0.2, 0) is 42.2 Å². The number of hydrogen-bond donors (Lipinski definition) is 2. The van der Waals surface area contributed by atoms with Crippen molar-refractivity contribution in [3.8, 4) is 0 Å². The molecule has 3 unspecified atom stereocenters. The highest BCUT2D eigenvalue weighted by molar-refractivity contribution is 7.47. The Bertz CT molecular complexity index is 1690. The second kappa shape index (κ2) is 57.3. The zero-order valence-electron chi connectivity index (χ0n) is 47.9. The Morgan fingerprint density at radius 3 is 1.13 bits per heavy atom. The predicted molar refractivity (Wildman–Crippen MR) is 316 cm³/mol. The van der Waals surface area contributed by atoms with E-state index in [9.17, 15) is 28.9 Å². The first kappa shape index (κ1) is 72.1. The van der Waals surface area contributed by atoms with Crippen LogP contribution in [0.4, 0.5) is 0 Å². The molecule has 0 aromatic carbocycles. The van der Waals surface area contributed by atoms with E-state index < -0.39 is 57.8 Å². The number of hydrogen-bond acceptors (Lipinski definition) is 10. The molecule has 0 aromatic rings. The Morgan fingerprint density at radius 2 is 0.697 bits per heavy atom. The van der Waals surface area contributed by atoms with Gasteiger partial charge < -0.3 is 24.2 Å². The van der Waals surface area contributed by atoms with Crippen molar-refractivity contribution < 1.29 is 52.2 Å². The predicted octanol–water partition coefficient (Wildman–Crippen LogP) is 17.8. The van der Waals surface area contributed by atoms with Crippen LogP contribution in [0.25, 0.3) is 0 Å². The molecule has 2 N–H and O–H groups in total. The summed E-state index contributed by atoms with van der Waals surface area (Å²) in [6.45, 7) is 4.31. The van der Waals surface area contributed by atoms with E-state index in [1.165, 1.54) is 83.5 Å². The van der Waals surface area contributed by atoms with Crippen LogP contribution in [0.5, 0.6) is 0 Å². The van der Waals surface area contributed by atoms with Gasteiger partial charge in [-0.15, -0.1) is 0 Å². The SMILES string of the molecule is CC/C=C\C/C=C\C/C=C\C/C=C\C/C=C\CCCC(=O)OC(CO)COP(=O)(O)OCC(COC(=O)CCCCC/C=C\C/C=C\C/C=C\CC)OC(=O)CCCCCCCCCCC/C=C\CCCCCCCC. The van der Waals surface area contributed by atoms with Crippen LogP contribution in [0, 0.1) is 0 Å². The van der Waals surface area contributed by atoms with Gasteiger partial charge in [0.15, 0.2) is 6.10 Å². The summed E-state index contributed by atoms with van der Waals surface area (Å²) < 4.78 is 39.5. The van der Waals surface area contributed by atoms with Crippen LogP contribution in [0.15, 0.2) is 109 Å². The summed E-state index contributed by atoms with van der Waals surface area (Å²) in [6, 6.07) is 0. The lowest BCUT2D eigenvalue weighted by atomic mass is 10.1. The number of ether oxygens (including phenoxy) is 3. The van der Waals surface area contributed by atoms with Crippen LogP contribution in [0.1, 0.15) is 239 Å². The van der Waals surface area contributed by atoms with Crippen LogP contribution in [0.3, 0.4) is 0 Å². The molecule has 12 heteroatoms. The van der Waals surface area contributed by atoms with E-state index in [1.807, 2.05) is 12.2 Å². The molecule has 0 aliphatic carbocycles. The molecule has 0 rings (SSSR count). The molecule has 0 aliphatic heterocycles. The first-order valence-electron chi connectivity index (χ1n) is 29.8. The molecule has 0 aromatic heterocycles. The Labute approximate surface area is 463 Å². The number of unbranched alkanes of at least 4 members (excludes halogenated alkanes) is 19. The Balaban J connectivity index is 4.78. The quantitative estimate of drug-likeness (QED) is 0.0197. The molecule has 0 aliphatic rings. The van der Waals surface area contributed by atoms with Crippen molar-refractivity contribution in [1.82, 2.24) is 0 Å². The fourth-order valence-corrected chi connectivity index (χ4v) is 8.48. The molecular weight excluding hydrogens is 976 g/mol. The first-order valence-corrected chi connectivity index (χ1v) is 31.3. The molecule has 0 saturated carbocycles. The summed E-state index contributed by atoms with van der Waals surface area (Å²) >= 11 is 0. The minimum Gasteiger partial charge on any atom is -0.462 e. The van der Waals surface area contributed by atoms with Crippen LogP contribution < -0.4 is 0 Å². The van der Waals surface area contributed by atoms with Gasteiger partial charge in [-0.3, -0.25) is 23.4 Å². The summed E-state index contributed by atoms with van der Waals surface area (Å²) in [7, 11) is -4.78. The third kappa shape index (κ3) is 54.9. The highest BCUT2D eigenvalue weighted by Gasteiger charge is 2.28. The number of carbonyl (C=O) groups is 3. The monoisotopic (exact) mass is 1080 g/mol. The summed E-state index contributed by atoms with van der Waals surface area (Å²) in [5, 5.41) is 9.82.